The van der Waals surface area contributed by atoms with Gasteiger partial charge in [0.2, 0.25) is 0 Å². The summed E-state index contributed by atoms with van der Waals surface area (Å²) in [6.45, 7) is 4.74. The van der Waals surface area contributed by atoms with Crippen molar-refractivity contribution in [2.75, 3.05) is 0 Å². The lowest BCUT2D eigenvalue weighted by Gasteiger charge is -2.17. The van der Waals surface area contributed by atoms with E-state index in [0.717, 1.165) is 0 Å². The van der Waals surface area contributed by atoms with Crippen LogP contribution < -0.4 is 0 Å². The summed E-state index contributed by atoms with van der Waals surface area (Å²) in [7, 11) is 0. The smallest absolute Gasteiger partial charge is 0.143 e. The molecular weight excluding hydrogens is 256 g/mol. The van der Waals surface area contributed by atoms with Gasteiger partial charge in [0, 0.05) is 11.3 Å². The zero-order chi connectivity index (χ0) is 10.2. The van der Waals surface area contributed by atoms with Gasteiger partial charge in [0.05, 0.1) is 4.47 Å². The molecule has 13 heavy (non-hydrogen) atoms. The van der Waals surface area contributed by atoms with E-state index in [0.29, 0.717) is 20.9 Å². The summed E-state index contributed by atoms with van der Waals surface area (Å²) in [5.74, 6) is 0. The van der Waals surface area contributed by atoms with Gasteiger partial charge in [-0.15, -0.1) is 0 Å². The van der Waals surface area contributed by atoms with E-state index in [1.54, 1.807) is 13.0 Å². The summed E-state index contributed by atoms with van der Waals surface area (Å²) in [5, 5.41) is 0.366. The number of halogens is 3. The van der Waals surface area contributed by atoms with Gasteiger partial charge in [0.15, 0.2) is 0 Å². The van der Waals surface area contributed by atoms with Crippen LogP contribution in [-0.4, -0.2) is 4.98 Å². The number of aromatic nitrogens is 1. The molecule has 0 amide bonds. The quantitative estimate of drug-likeness (QED) is 0.700. The minimum Gasteiger partial charge on any atom is -0.240 e. The minimum atomic E-state index is -1.38. The average Bonchev–Trinajstić information content (AvgIpc) is 1.94. The SMILES string of the molecule is Cc1nc(Cl)c(Br)cc1C(C)(C)F. The highest BCUT2D eigenvalue weighted by Crippen LogP contribution is 2.31. The Kier molecular flexibility index (Phi) is 2.98. The van der Waals surface area contributed by atoms with Crippen LogP contribution in [0.2, 0.25) is 5.15 Å². The summed E-state index contributed by atoms with van der Waals surface area (Å²) < 4.78 is 14.2. The van der Waals surface area contributed by atoms with Crippen molar-refractivity contribution in [1.29, 1.82) is 0 Å². The van der Waals surface area contributed by atoms with Crippen molar-refractivity contribution >= 4 is 27.5 Å². The lowest BCUT2D eigenvalue weighted by molar-refractivity contribution is 0.219. The molecular formula is C9H10BrClFN. The first-order chi connectivity index (χ1) is 5.82. The monoisotopic (exact) mass is 265 g/mol. The maximum Gasteiger partial charge on any atom is 0.143 e. The standard InChI is InChI=1S/C9H10BrClFN/c1-5-6(9(2,3)12)4-7(10)8(11)13-5/h4H,1-3H3. The van der Waals surface area contributed by atoms with Crippen molar-refractivity contribution in [2.45, 2.75) is 26.4 Å². The van der Waals surface area contributed by atoms with Crippen LogP contribution in [-0.2, 0) is 5.67 Å². The molecule has 1 nitrogen and oxygen atoms in total. The molecule has 0 N–H and O–H groups in total. The third-order valence-electron chi connectivity index (χ3n) is 1.76. The summed E-state index contributed by atoms with van der Waals surface area (Å²) in [6, 6.07) is 1.67. The Bertz CT molecular complexity index is 333. The molecule has 0 spiro atoms. The molecule has 0 fully saturated rings. The number of aryl methyl sites for hydroxylation is 1. The van der Waals surface area contributed by atoms with E-state index in [-0.39, 0.29) is 0 Å². The van der Waals surface area contributed by atoms with Gasteiger partial charge in [-0.05, 0) is 42.8 Å². The van der Waals surface area contributed by atoms with E-state index < -0.39 is 5.67 Å². The largest absolute Gasteiger partial charge is 0.240 e. The lowest BCUT2D eigenvalue weighted by atomic mass is 9.99. The molecule has 1 heterocycles. The van der Waals surface area contributed by atoms with Gasteiger partial charge in [0.1, 0.15) is 10.8 Å². The fourth-order valence-corrected chi connectivity index (χ4v) is 1.65. The second-order valence-electron chi connectivity index (χ2n) is 3.37. The molecule has 0 atom stereocenters. The van der Waals surface area contributed by atoms with Gasteiger partial charge in [-0.1, -0.05) is 11.6 Å². The molecule has 1 aromatic heterocycles. The highest BCUT2D eigenvalue weighted by atomic mass is 79.9. The van der Waals surface area contributed by atoms with Crippen LogP contribution in [0.25, 0.3) is 0 Å². The molecule has 0 saturated heterocycles. The van der Waals surface area contributed by atoms with Crippen molar-refractivity contribution in [2.24, 2.45) is 0 Å². The van der Waals surface area contributed by atoms with Crippen LogP contribution in [0.3, 0.4) is 0 Å². The summed E-state index contributed by atoms with van der Waals surface area (Å²) in [6.07, 6.45) is 0. The summed E-state index contributed by atoms with van der Waals surface area (Å²) in [4.78, 5) is 4.02. The van der Waals surface area contributed by atoms with Gasteiger partial charge >= 0.3 is 0 Å². The predicted octanol–water partition coefficient (Wildman–Crippen LogP) is 4.01. The van der Waals surface area contributed by atoms with Gasteiger partial charge in [-0.3, -0.25) is 0 Å². The topological polar surface area (TPSA) is 12.9 Å². The van der Waals surface area contributed by atoms with Crippen LogP contribution in [0.5, 0.6) is 0 Å². The highest BCUT2D eigenvalue weighted by molar-refractivity contribution is 9.10. The molecule has 1 aromatic rings. The third-order valence-corrected chi connectivity index (χ3v) is 2.89. The molecule has 0 bridgehead atoms. The first kappa shape index (κ1) is 10.9. The summed E-state index contributed by atoms with van der Waals surface area (Å²) >= 11 is 8.97. The number of rotatable bonds is 1. The first-order valence-corrected chi connectivity index (χ1v) is 5.01. The Morgan fingerprint density at radius 1 is 1.54 bits per heavy atom. The molecule has 72 valence electrons. The van der Waals surface area contributed by atoms with E-state index >= 15 is 0 Å². The minimum absolute atomic E-state index is 0.366. The molecule has 4 heteroatoms. The Morgan fingerprint density at radius 2 is 2.08 bits per heavy atom. The number of pyridine rings is 1. The maximum atomic E-state index is 13.6. The zero-order valence-electron chi connectivity index (χ0n) is 7.66. The number of hydrogen-bond donors (Lipinski definition) is 0. The molecule has 0 unspecified atom stereocenters. The molecule has 0 aliphatic rings. The highest BCUT2D eigenvalue weighted by Gasteiger charge is 2.22. The van der Waals surface area contributed by atoms with Crippen LogP contribution >= 0.6 is 27.5 Å². The van der Waals surface area contributed by atoms with Crippen LogP contribution in [0.4, 0.5) is 4.39 Å². The van der Waals surface area contributed by atoms with Crippen LogP contribution in [0.1, 0.15) is 25.1 Å². The van der Waals surface area contributed by atoms with Gasteiger partial charge in [-0.25, -0.2) is 9.37 Å². The molecule has 0 aliphatic heterocycles. The van der Waals surface area contributed by atoms with Crippen molar-refractivity contribution in [3.05, 3.63) is 26.9 Å². The number of nitrogens with zero attached hydrogens (tertiary/aromatic N) is 1. The number of hydrogen-bond acceptors (Lipinski definition) is 1. The molecule has 0 aromatic carbocycles. The van der Waals surface area contributed by atoms with Gasteiger partial charge in [0.25, 0.3) is 0 Å². The van der Waals surface area contributed by atoms with Crippen molar-refractivity contribution in [1.82, 2.24) is 4.98 Å². The van der Waals surface area contributed by atoms with E-state index in [1.165, 1.54) is 13.8 Å². The Hall–Kier alpha value is -0.150. The van der Waals surface area contributed by atoms with E-state index in [4.69, 9.17) is 11.6 Å². The number of alkyl halides is 1. The van der Waals surface area contributed by atoms with Crippen molar-refractivity contribution in [3.8, 4) is 0 Å². The van der Waals surface area contributed by atoms with E-state index in [2.05, 4.69) is 20.9 Å². The molecule has 0 radical (unpaired) electrons. The van der Waals surface area contributed by atoms with Crippen LogP contribution in [0.15, 0.2) is 10.5 Å². The van der Waals surface area contributed by atoms with E-state index in [1.807, 2.05) is 0 Å². The van der Waals surface area contributed by atoms with Gasteiger partial charge in [-0.2, -0.15) is 0 Å². The summed E-state index contributed by atoms with van der Waals surface area (Å²) in [5.41, 5.74) is -0.200. The Balaban J connectivity index is 3.32. The fourth-order valence-electron chi connectivity index (χ4n) is 1.15. The second-order valence-corrected chi connectivity index (χ2v) is 4.58. The normalized spacial score (nSPS) is 11.8. The third kappa shape index (κ3) is 2.41. The molecule has 0 aliphatic carbocycles. The molecule has 0 saturated carbocycles. The second kappa shape index (κ2) is 3.54. The predicted molar refractivity (Wildman–Crippen MR) is 55.8 cm³/mol. The average molecular weight is 267 g/mol. The lowest BCUT2D eigenvalue weighted by Crippen LogP contribution is -2.12. The van der Waals surface area contributed by atoms with Crippen LogP contribution in [0, 0.1) is 6.92 Å². The maximum absolute atomic E-state index is 13.6. The Labute approximate surface area is 90.4 Å². The first-order valence-electron chi connectivity index (χ1n) is 3.84. The fraction of sp³-hybridized carbons (Fsp3) is 0.444. The van der Waals surface area contributed by atoms with Crippen molar-refractivity contribution in [3.63, 3.8) is 0 Å². The molecule has 1 rings (SSSR count). The van der Waals surface area contributed by atoms with Gasteiger partial charge < -0.3 is 0 Å². The Morgan fingerprint density at radius 3 is 2.54 bits per heavy atom. The van der Waals surface area contributed by atoms with E-state index in [9.17, 15) is 4.39 Å². The van der Waals surface area contributed by atoms with Crippen molar-refractivity contribution < 1.29 is 4.39 Å². The zero-order valence-corrected chi connectivity index (χ0v) is 10.0.